The summed E-state index contributed by atoms with van der Waals surface area (Å²) < 4.78 is 0. The minimum atomic E-state index is 0.855. The molecule has 0 saturated heterocycles. The third-order valence-electron chi connectivity index (χ3n) is 7.34. The fraction of sp³-hybridized carbons (Fsp3) is 0. The SMILES string of the molecule is c1ccc(N2c3ccccc3N(c3cc4nn(-c5ccccc5)nc4c4ccccc34)c3ccccc32)cc1. The Labute approximate surface area is 225 Å². The van der Waals surface area contributed by atoms with Crippen LogP contribution in [0.15, 0.2) is 140 Å². The van der Waals surface area contributed by atoms with Crippen LogP contribution in [0, 0.1) is 0 Å². The Morgan fingerprint density at radius 3 is 1.49 bits per heavy atom. The minimum absolute atomic E-state index is 0.855. The van der Waals surface area contributed by atoms with Crippen LogP contribution in [0.25, 0.3) is 27.5 Å². The van der Waals surface area contributed by atoms with Crippen LogP contribution in [0.1, 0.15) is 0 Å². The quantitative estimate of drug-likeness (QED) is 0.242. The van der Waals surface area contributed by atoms with E-state index in [1.165, 1.54) is 0 Å². The third-order valence-corrected chi connectivity index (χ3v) is 7.34. The van der Waals surface area contributed by atoms with Gasteiger partial charge in [0.1, 0.15) is 11.0 Å². The van der Waals surface area contributed by atoms with E-state index in [2.05, 4.69) is 119 Å². The highest BCUT2D eigenvalue weighted by molar-refractivity contribution is 6.14. The van der Waals surface area contributed by atoms with Gasteiger partial charge in [-0.05, 0) is 54.6 Å². The largest absolute Gasteiger partial charge is 0.306 e. The maximum Gasteiger partial charge on any atom is 0.121 e. The second-order valence-electron chi connectivity index (χ2n) is 9.62. The molecule has 0 aliphatic carbocycles. The Balaban J connectivity index is 1.42. The molecule has 0 spiro atoms. The Morgan fingerprint density at radius 1 is 0.385 bits per heavy atom. The van der Waals surface area contributed by atoms with E-state index in [4.69, 9.17) is 10.2 Å². The summed E-state index contributed by atoms with van der Waals surface area (Å²) in [5.41, 5.74) is 9.36. The third kappa shape index (κ3) is 3.33. The van der Waals surface area contributed by atoms with Gasteiger partial charge in [-0.1, -0.05) is 84.9 Å². The van der Waals surface area contributed by atoms with Crippen molar-refractivity contribution in [3.05, 3.63) is 140 Å². The molecule has 6 aromatic carbocycles. The highest BCUT2D eigenvalue weighted by atomic mass is 15.5. The molecule has 1 aliphatic heterocycles. The van der Waals surface area contributed by atoms with Crippen molar-refractivity contribution in [2.75, 3.05) is 9.80 Å². The van der Waals surface area contributed by atoms with Crippen LogP contribution < -0.4 is 9.80 Å². The molecule has 0 unspecified atom stereocenters. The van der Waals surface area contributed by atoms with Crippen LogP contribution >= 0.6 is 0 Å². The fourth-order valence-electron chi connectivity index (χ4n) is 5.65. The molecule has 0 bridgehead atoms. The molecular weight excluding hydrogens is 478 g/mol. The molecular formula is C34H23N5. The average Bonchev–Trinajstić information content (AvgIpc) is 3.45. The molecule has 0 amide bonds. The molecule has 7 aromatic rings. The Kier molecular flexibility index (Phi) is 4.76. The number of fused-ring (bicyclic) bond motifs is 5. The molecule has 0 atom stereocenters. The van der Waals surface area contributed by atoms with Gasteiger partial charge in [-0.3, -0.25) is 0 Å². The lowest BCUT2D eigenvalue weighted by atomic mass is 10.0. The molecule has 184 valence electrons. The second kappa shape index (κ2) is 8.57. The van der Waals surface area contributed by atoms with E-state index < -0.39 is 0 Å². The predicted octanol–water partition coefficient (Wildman–Crippen LogP) is 8.83. The van der Waals surface area contributed by atoms with Crippen molar-refractivity contribution in [3.63, 3.8) is 0 Å². The molecule has 1 aromatic heterocycles. The lowest BCUT2D eigenvalue weighted by Gasteiger charge is -2.40. The summed E-state index contributed by atoms with van der Waals surface area (Å²) in [6, 6.07) is 48.5. The van der Waals surface area contributed by atoms with Gasteiger partial charge in [0.2, 0.25) is 0 Å². The van der Waals surface area contributed by atoms with Crippen molar-refractivity contribution in [1.82, 2.24) is 15.0 Å². The first-order chi connectivity index (χ1) is 19.4. The number of hydrogen-bond donors (Lipinski definition) is 0. The Bertz CT molecular complexity index is 1930. The summed E-state index contributed by atoms with van der Waals surface area (Å²) in [5, 5.41) is 12.1. The van der Waals surface area contributed by atoms with Crippen LogP contribution in [0.2, 0.25) is 0 Å². The van der Waals surface area contributed by atoms with Gasteiger partial charge in [0.05, 0.1) is 34.1 Å². The van der Waals surface area contributed by atoms with Crippen molar-refractivity contribution >= 4 is 55.9 Å². The maximum atomic E-state index is 4.93. The van der Waals surface area contributed by atoms with Gasteiger partial charge in [-0.2, -0.15) is 4.80 Å². The van der Waals surface area contributed by atoms with Crippen LogP contribution in [0.5, 0.6) is 0 Å². The van der Waals surface area contributed by atoms with Gasteiger partial charge in [0.15, 0.2) is 0 Å². The molecule has 0 radical (unpaired) electrons. The average molecular weight is 502 g/mol. The standard InChI is InChI=1S/C34H23N5/c1-3-13-24(14-4-1)37-29-19-9-11-21-31(29)38(32-22-12-10-20-30(32)37)33-23-28-34(27-18-8-7-17-26(27)33)36-39(35-28)25-15-5-2-6-16-25/h1-23H. The normalized spacial score (nSPS) is 12.5. The van der Waals surface area contributed by atoms with Gasteiger partial charge in [-0.15, -0.1) is 10.2 Å². The number of nitrogens with zero attached hydrogens (tertiary/aromatic N) is 5. The van der Waals surface area contributed by atoms with E-state index in [1.807, 2.05) is 30.3 Å². The molecule has 5 nitrogen and oxygen atoms in total. The maximum absolute atomic E-state index is 4.93. The zero-order valence-corrected chi connectivity index (χ0v) is 21.0. The monoisotopic (exact) mass is 501 g/mol. The van der Waals surface area contributed by atoms with Crippen molar-refractivity contribution < 1.29 is 0 Å². The van der Waals surface area contributed by atoms with Crippen molar-refractivity contribution in [2.24, 2.45) is 0 Å². The molecule has 8 rings (SSSR count). The molecule has 0 fully saturated rings. The van der Waals surface area contributed by atoms with Crippen LogP contribution in [-0.4, -0.2) is 15.0 Å². The highest BCUT2D eigenvalue weighted by Crippen LogP contribution is 2.55. The van der Waals surface area contributed by atoms with Gasteiger partial charge < -0.3 is 9.80 Å². The van der Waals surface area contributed by atoms with E-state index >= 15 is 0 Å². The summed E-state index contributed by atoms with van der Waals surface area (Å²) in [5.74, 6) is 0. The Hall–Kier alpha value is -5.42. The van der Waals surface area contributed by atoms with Crippen molar-refractivity contribution in [1.29, 1.82) is 0 Å². The first kappa shape index (κ1) is 21.6. The summed E-state index contributed by atoms with van der Waals surface area (Å²) in [7, 11) is 0. The van der Waals surface area contributed by atoms with E-state index in [-0.39, 0.29) is 0 Å². The first-order valence-electron chi connectivity index (χ1n) is 13.0. The zero-order valence-electron chi connectivity index (χ0n) is 21.0. The smallest absolute Gasteiger partial charge is 0.121 e. The van der Waals surface area contributed by atoms with Gasteiger partial charge in [-0.25, -0.2) is 0 Å². The number of anilines is 6. The Morgan fingerprint density at radius 2 is 0.872 bits per heavy atom. The van der Waals surface area contributed by atoms with Crippen LogP contribution in [0.3, 0.4) is 0 Å². The summed E-state index contributed by atoms with van der Waals surface area (Å²) in [6.07, 6.45) is 0. The van der Waals surface area contributed by atoms with Gasteiger partial charge in [0.25, 0.3) is 0 Å². The van der Waals surface area contributed by atoms with E-state index in [0.29, 0.717) is 0 Å². The number of aromatic nitrogens is 3. The number of para-hydroxylation sites is 6. The number of rotatable bonds is 3. The van der Waals surface area contributed by atoms with Gasteiger partial charge >= 0.3 is 0 Å². The zero-order chi connectivity index (χ0) is 25.8. The van der Waals surface area contributed by atoms with E-state index in [0.717, 1.165) is 61.6 Å². The van der Waals surface area contributed by atoms with Gasteiger partial charge in [0, 0.05) is 16.5 Å². The summed E-state index contributed by atoms with van der Waals surface area (Å²) in [6.45, 7) is 0. The predicted molar refractivity (Wildman–Crippen MR) is 159 cm³/mol. The van der Waals surface area contributed by atoms with E-state index in [9.17, 15) is 0 Å². The fourth-order valence-corrected chi connectivity index (χ4v) is 5.65. The summed E-state index contributed by atoms with van der Waals surface area (Å²) in [4.78, 5) is 6.44. The second-order valence-corrected chi connectivity index (χ2v) is 9.62. The first-order valence-corrected chi connectivity index (χ1v) is 13.0. The summed E-state index contributed by atoms with van der Waals surface area (Å²) >= 11 is 0. The van der Waals surface area contributed by atoms with Crippen molar-refractivity contribution in [3.8, 4) is 5.69 Å². The lowest BCUT2D eigenvalue weighted by molar-refractivity contribution is 0.766. The van der Waals surface area contributed by atoms with Crippen LogP contribution in [0.4, 0.5) is 34.1 Å². The van der Waals surface area contributed by atoms with E-state index in [1.54, 1.807) is 4.80 Å². The lowest BCUT2D eigenvalue weighted by Crippen LogP contribution is -2.24. The minimum Gasteiger partial charge on any atom is -0.306 e. The molecule has 0 saturated carbocycles. The van der Waals surface area contributed by atoms with Crippen molar-refractivity contribution in [2.45, 2.75) is 0 Å². The highest BCUT2D eigenvalue weighted by Gasteiger charge is 2.31. The van der Waals surface area contributed by atoms with Crippen LogP contribution in [-0.2, 0) is 0 Å². The topological polar surface area (TPSA) is 37.2 Å². The molecule has 0 N–H and O–H groups in total. The molecule has 2 heterocycles. The number of benzene rings is 6. The number of hydrogen-bond acceptors (Lipinski definition) is 4. The molecule has 39 heavy (non-hydrogen) atoms. The molecule has 1 aliphatic rings. The molecule has 5 heteroatoms.